The van der Waals surface area contributed by atoms with Crippen LogP contribution in [0.25, 0.3) is 0 Å². The van der Waals surface area contributed by atoms with E-state index in [1.165, 1.54) is 25.3 Å². The van der Waals surface area contributed by atoms with Crippen LogP contribution in [0.3, 0.4) is 0 Å². The molecule has 1 aliphatic rings. The Kier molecular flexibility index (Phi) is 6.53. The molecule has 0 aromatic heterocycles. The standard InChI is InChI=1S/C19H21N3O7S/c1-28-17-9-8-13(22(24)25)11-18(17)30(26,27)21-16-7-3-2-6-15(16)19(23)20-12-14-5-4-10-29-14/h2-3,6-9,11,14,21H,4-5,10,12H2,1H3,(H,20,23). The highest BCUT2D eigenvalue weighted by atomic mass is 32.2. The number of anilines is 1. The molecule has 0 radical (unpaired) electrons. The van der Waals surface area contributed by atoms with Gasteiger partial charge >= 0.3 is 0 Å². The summed E-state index contributed by atoms with van der Waals surface area (Å²) in [7, 11) is -3.03. The summed E-state index contributed by atoms with van der Waals surface area (Å²) in [6.45, 7) is 0.973. The van der Waals surface area contributed by atoms with E-state index in [2.05, 4.69) is 10.0 Å². The number of nitro benzene ring substituents is 1. The number of non-ortho nitro benzene ring substituents is 1. The van der Waals surface area contributed by atoms with E-state index in [-0.39, 0.29) is 23.1 Å². The number of sulfonamides is 1. The number of nitrogens with zero attached hydrogens (tertiary/aromatic N) is 1. The van der Waals surface area contributed by atoms with E-state index in [4.69, 9.17) is 9.47 Å². The van der Waals surface area contributed by atoms with Crippen molar-refractivity contribution < 1.29 is 27.6 Å². The second-order valence-corrected chi connectivity index (χ2v) is 8.24. The molecule has 0 aliphatic carbocycles. The number of ether oxygens (including phenoxy) is 2. The molecule has 2 N–H and O–H groups in total. The Morgan fingerprint density at radius 1 is 1.30 bits per heavy atom. The second kappa shape index (κ2) is 9.09. The highest BCUT2D eigenvalue weighted by Crippen LogP contribution is 2.30. The van der Waals surface area contributed by atoms with E-state index in [1.807, 2.05) is 0 Å². The van der Waals surface area contributed by atoms with E-state index in [0.29, 0.717) is 13.2 Å². The summed E-state index contributed by atoms with van der Waals surface area (Å²) in [5.41, 5.74) is -0.252. The Hall–Kier alpha value is -3.18. The molecule has 0 bridgehead atoms. The molecule has 160 valence electrons. The van der Waals surface area contributed by atoms with Crippen LogP contribution in [0.15, 0.2) is 47.4 Å². The van der Waals surface area contributed by atoms with Gasteiger partial charge < -0.3 is 14.8 Å². The minimum absolute atomic E-state index is 0.0379. The maximum atomic E-state index is 12.9. The van der Waals surface area contributed by atoms with Gasteiger partial charge in [-0.3, -0.25) is 19.6 Å². The van der Waals surface area contributed by atoms with Gasteiger partial charge in [-0.25, -0.2) is 8.42 Å². The largest absolute Gasteiger partial charge is 0.495 e. The SMILES string of the molecule is COc1ccc([N+](=O)[O-])cc1S(=O)(=O)Nc1ccccc1C(=O)NCC1CCCO1. The smallest absolute Gasteiger partial charge is 0.271 e. The van der Waals surface area contributed by atoms with Crippen LogP contribution in [0, 0.1) is 10.1 Å². The summed E-state index contributed by atoms with van der Waals surface area (Å²) in [5, 5.41) is 13.8. The van der Waals surface area contributed by atoms with E-state index in [9.17, 15) is 23.3 Å². The molecule has 1 amide bonds. The van der Waals surface area contributed by atoms with Gasteiger partial charge in [0.1, 0.15) is 10.6 Å². The summed E-state index contributed by atoms with van der Waals surface area (Å²) >= 11 is 0. The maximum Gasteiger partial charge on any atom is 0.271 e. The van der Waals surface area contributed by atoms with Crippen molar-refractivity contribution in [3.8, 4) is 5.75 Å². The van der Waals surface area contributed by atoms with Gasteiger partial charge in [-0.2, -0.15) is 0 Å². The average Bonchev–Trinajstić information content (AvgIpc) is 3.25. The summed E-state index contributed by atoms with van der Waals surface area (Å²) in [4.78, 5) is 22.5. The molecule has 0 spiro atoms. The minimum atomic E-state index is -4.28. The topological polar surface area (TPSA) is 137 Å². The van der Waals surface area contributed by atoms with Gasteiger partial charge in [0.05, 0.1) is 29.4 Å². The first kappa shape index (κ1) is 21.5. The molecule has 1 fully saturated rings. The van der Waals surface area contributed by atoms with Gasteiger partial charge in [-0.15, -0.1) is 0 Å². The molecule has 2 aromatic rings. The number of nitro groups is 1. The van der Waals surface area contributed by atoms with Crippen molar-refractivity contribution in [2.24, 2.45) is 0 Å². The van der Waals surface area contributed by atoms with Gasteiger partial charge in [0.25, 0.3) is 21.6 Å². The number of amides is 1. The third-order valence-electron chi connectivity index (χ3n) is 4.58. The molecule has 1 heterocycles. The van der Waals surface area contributed by atoms with Crippen LogP contribution in [0.1, 0.15) is 23.2 Å². The molecule has 30 heavy (non-hydrogen) atoms. The molecule has 10 nitrogen and oxygen atoms in total. The molecule has 1 aliphatic heterocycles. The third kappa shape index (κ3) is 4.86. The fraction of sp³-hybridized carbons (Fsp3) is 0.316. The Labute approximate surface area is 173 Å². The van der Waals surface area contributed by atoms with Crippen molar-refractivity contribution in [3.05, 3.63) is 58.1 Å². The van der Waals surface area contributed by atoms with Crippen LogP contribution in [0.2, 0.25) is 0 Å². The van der Waals surface area contributed by atoms with Gasteiger partial charge in [-0.05, 0) is 31.0 Å². The Bertz CT molecular complexity index is 1050. The lowest BCUT2D eigenvalue weighted by Gasteiger charge is -2.15. The van der Waals surface area contributed by atoms with Crippen molar-refractivity contribution in [3.63, 3.8) is 0 Å². The van der Waals surface area contributed by atoms with Crippen LogP contribution >= 0.6 is 0 Å². The molecule has 3 rings (SSSR count). The lowest BCUT2D eigenvalue weighted by molar-refractivity contribution is -0.385. The van der Waals surface area contributed by atoms with Crippen molar-refractivity contribution in [1.29, 1.82) is 0 Å². The maximum absolute atomic E-state index is 12.9. The number of carbonyl (C=O) groups is 1. The molecule has 1 unspecified atom stereocenters. The van der Waals surface area contributed by atoms with Gasteiger partial charge in [-0.1, -0.05) is 12.1 Å². The number of nitrogens with one attached hydrogen (secondary N) is 2. The van der Waals surface area contributed by atoms with Crippen molar-refractivity contribution in [2.75, 3.05) is 25.0 Å². The van der Waals surface area contributed by atoms with Crippen LogP contribution in [-0.4, -0.2) is 45.6 Å². The normalized spacial score (nSPS) is 16.1. The number of rotatable bonds is 8. The predicted molar refractivity (Wildman–Crippen MR) is 108 cm³/mol. The predicted octanol–water partition coefficient (Wildman–Crippen LogP) is 2.31. The first-order valence-corrected chi connectivity index (χ1v) is 10.6. The zero-order chi connectivity index (χ0) is 21.7. The lowest BCUT2D eigenvalue weighted by atomic mass is 10.1. The van der Waals surface area contributed by atoms with E-state index >= 15 is 0 Å². The number of methoxy groups -OCH3 is 1. The first-order valence-electron chi connectivity index (χ1n) is 9.16. The van der Waals surface area contributed by atoms with Crippen LogP contribution in [-0.2, 0) is 14.8 Å². The zero-order valence-corrected chi connectivity index (χ0v) is 17.0. The summed E-state index contributed by atoms with van der Waals surface area (Å²) in [6.07, 6.45) is 1.72. The number of hydrogen-bond donors (Lipinski definition) is 2. The number of para-hydroxylation sites is 1. The molecule has 0 saturated carbocycles. The van der Waals surface area contributed by atoms with Crippen LogP contribution < -0.4 is 14.8 Å². The molecule has 1 saturated heterocycles. The van der Waals surface area contributed by atoms with Gasteiger partial charge in [0.2, 0.25) is 0 Å². The van der Waals surface area contributed by atoms with E-state index < -0.39 is 31.4 Å². The molecule has 11 heteroatoms. The Balaban J connectivity index is 1.86. The fourth-order valence-electron chi connectivity index (χ4n) is 3.07. The highest BCUT2D eigenvalue weighted by molar-refractivity contribution is 7.92. The van der Waals surface area contributed by atoms with Crippen molar-refractivity contribution in [2.45, 2.75) is 23.8 Å². The molecular weight excluding hydrogens is 414 g/mol. The summed E-state index contributed by atoms with van der Waals surface area (Å²) in [5.74, 6) is -0.525. The van der Waals surface area contributed by atoms with Crippen molar-refractivity contribution in [1.82, 2.24) is 5.32 Å². The number of benzene rings is 2. The van der Waals surface area contributed by atoms with Crippen LogP contribution in [0.4, 0.5) is 11.4 Å². The quantitative estimate of drug-likeness (QED) is 0.479. The third-order valence-corrected chi connectivity index (χ3v) is 5.96. The average molecular weight is 435 g/mol. The van der Waals surface area contributed by atoms with Gasteiger partial charge in [0, 0.05) is 25.3 Å². The van der Waals surface area contributed by atoms with Crippen LogP contribution in [0.5, 0.6) is 5.75 Å². The number of hydrogen-bond acceptors (Lipinski definition) is 7. The van der Waals surface area contributed by atoms with Gasteiger partial charge in [0.15, 0.2) is 0 Å². The lowest BCUT2D eigenvalue weighted by Crippen LogP contribution is -2.32. The number of carbonyl (C=O) groups excluding carboxylic acids is 1. The highest BCUT2D eigenvalue weighted by Gasteiger charge is 2.25. The molecule has 1 atom stereocenters. The zero-order valence-electron chi connectivity index (χ0n) is 16.2. The van der Waals surface area contributed by atoms with E-state index in [0.717, 1.165) is 25.0 Å². The first-order chi connectivity index (χ1) is 14.3. The summed E-state index contributed by atoms with van der Waals surface area (Å²) in [6, 6.07) is 9.33. The Morgan fingerprint density at radius 2 is 2.07 bits per heavy atom. The Morgan fingerprint density at radius 3 is 2.73 bits per heavy atom. The second-order valence-electron chi connectivity index (χ2n) is 6.59. The minimum Gasteiger partial charge on any atom is -0.495 e. The van der Waals surface area contributed by atoms with Crippen molar-refractivity contribution >= 4 is 27.3 Å². The summed E-state index contributed by atoms with van der Waals surface area (Å²) < 4.78 is 38.7. The molecule has 2 aromatic carbocycles. The molecular formula is C19H21N3O7S. The monoisotopic (exact) mass is 435 g/mol. The van der Waals surface area contributed by atoms with E-state index in [1.54, 1.807) is 12.1 Å². The fourth-order valence-corrected chi connectivity index (χ4v) is 4.34.